The van der Waals surface area contributed by atoms with E-state index in [9.17, 15) is 4.79 Å². The summed E-state index contributed by atoms with van der Waals surface area (Å²) in [5.41, 5.74) is 3.06. The molecule has 0 aromatic heterocycles. The normalized spacial score (nSPS) is 10.8. The number of ether oxygens (including phenoxy) is 1. The van der Waals surface area contributed by atoms with Crippen LogP contribution in [-0.2, 0) is 13.0 Å². The zero-order valence-electron chi connectivity index (χ0n) is 18.7. The molecule has 0 spiro atoms. The van der Waals surface area contributed by atoms with Crippen LogP contribution < -0.4 is 26.0 Å². The molecule has 2 rings (SSSR count). The first-order chi connectivity index (χ1) is 14.5. The highest BCUT2D eigenvalue weighted by Gasteiger charge is 2.03. The Morgan fingerprint density at radius 1 is 1.00 bits per heavy atom. The molecule has 0 saturated heterocycles. The van der Waals surface area contributed by atoms with E-state index >= 15 is 0 Å². The molecule has 2 amide bonds. The maximum absolute atomic E-state index is 11.8. The van der Waals surface area contributed by atoms with Gasteiger partial charge in [0.25, 0.3) is 0 Å². The number of benzene rings is 2. The Morgan fingerprint density at radius 3 is 2.23 bits per heavy atom. The number of guanidine groups is 1. The summed E-state index contributed by atoms with van der Waals surface area (Å²) in [5.74, 6) is 1.65. The van der Waals surface area contributed by atoms with Gasteiger partial charge in [0.15, 0.2) is 5.96 Å². The van der Waals surface area contributed by atoms with Crippen LogP contribution in [0.15, 0.2) is 53.5 Å². The minimum atomic E-state index is -0.203. The number of carbonyl (C=O) groups excluding carboxylic acids is 1. The van der Waals surface area contributed by atoms with E-state index in [1.54, 1.807) is 7.11 Å². The summed E-state index contributed by atoms with van der Waals surface area (Å²) in [6, 6.07) is 15.7. The van der Waals surface area contributed by atoms with Gasteiger partial charge in [-0.15, -0.1) is 24.0 Å². The first-order valence-corrected chi connectivity index (χ1v) is 10.3. The summed E-state index contributed by atoms with van der Waals surface area (Å²) in [4.78, 5) is 16.4. The smallest absolute Gasteiger partial charge is 0.319 e. The van der Waals surface area contributed by atoms with Gasteiger partial charge in [-0.25, -0.2) is 9.79 Å². The molecule has 0 fully saturated rings. The lowest BCUT2D eigenvalue weighted by Crippen LogP contribution is -2.38. The molecular formula is C23H34IN5O2. The Kier molecular flexibility index (Phi) is 12.4. The molecule has 0 unspecified atom stereocenters. The Morgan fingerprint density at radius 2 is 1.65 bits per heavy atom. The second-order valence-electron chi connectivity index (χ2n) is 7.17. The minimum Gasteiger partial charge on any atom is -0.497 e. The quantitative estimate of drug-likeness (QED) is 0.219. The Labute approximate surface area is 202 Å². The molecule has 0 aliphatic carbocycles. The van der Waals surface area contributed by atoms with E-state index in [2.05, 4.69) is 38.4 Å². The molecule has 0 atom stereocenters. The maximum Gasteiger partial charge on any atom is 0.319 e. The molecule has 2 aromatic carbocycles. The van der Waals surface area contributed by atoms with Crippen LogP contribution in [0, 0.1) is 0 Å². The number of aliphatic imine (C=N–C) groups is 1. The van der Waals surface area contributed by atoms with Crippen LogP contribution in [-0.4, -0.2) is 38.2 Å². The van der Waals surface area contributed by atoms with E-state index in [4.69, 9.17) is 4.74 Å². The van der Waals surface area contributed by atoms with Crippen molar-refractivity contribution in [2.45, 2.75) is 39.8 Å². The molecule has 0 bridgehead atoms. The highest BCUT2D eigenvalue weighted by molar-refractivity contribution is 14.0. The fraction of sp³-hybridized carbons (Fsp3) is 0.391. The summed E-state index contributed by atoms with van der Waals surface area (Å²) in [7, 11) is 1.67. The number of amides is 2. The van der Waals surface area contributed by atoms with Crippen molar-refractivity contribution in [1.29, 1.82) is 0 Å². The first kappa shape index (κ1) is 26.5. The second-order valence-corrected chi connectivity index (χ2v) is 7.17. The van der Waals surface area contributed by atoms with Crippen LogP contribution in [0.25, 0.3) is 0 Å². The summed E-state index contributed by atoms with van der Waals surface area (Å²) in [6.45, 7) is 8.02. The van der Waals surface area contributed by atoms with Crippen LogP contribution in [0.4, 0.5) is 10.5 Å². The third-order valence-electron chi connectivity index (χ3n) is 4.26. The average Bonchev–Trinajstić information content (AvgIpc) is 2.73. The average molecular weight is 539 g/mol. The molecule has 0 heterocycles. The maximum atomic E-state index is 11.8. The number of methoxy groups -OCH3 is 1. The Bertz CT molecular complexity index is 808. The highest BCUT2D eigenvalue weighted by Crippen LogP contribution is 2.12. The van der Waals surface area contributed by atoms with Crippen LogP contribution in [0.1, 0.15) is 31.9 Å². The predicted octanol–water partition coefficient (Wildman–Crippen LogP) is 4.14. The van der Waals surface area contributed by atoms with Gasteiger partial charge in [-0.3, -0.25) is 0 Å². The molecule has 0 saturated carbocycles. The molecule has 7 nitrogen and oxygen atoms in total. The highest BCUT2D eigenvalue weighted by atomic mass is 127. The number of urea groups is 1. The number of anilines is 1. The van der Waals surface area contributed by atoms with Crippen LogP contribution in [0.2, 0.25) is 0 Å². The van der Waals surface area contributed by atoms with E-state index in [1.807, 2.05) is 57.2 Å². The molecule has 2 aromatic rings. The number of carbonyl (C=O) groups is 1. The van der Waals surface area contributed by atoms with Crippen LogP contribution in [0.5, 0.6) is 5.75 Å². The molecule has 0 aliphatic rings. The fourth-order valence-corrected chi connectivity index (χ4v) is 2.75. The van der Waals surface area contributed by atoms with E-state index in [1.165, 1.54) is 5.56 Å². The van der Waals surface area contributed by atoms with Crippen molar-refractivity contribution in [2.24, 2.45) is 4.99 Å². The topological polar surface area (TPSA) is 86.8 Å². The third-order valence-corrected chi connectivity index (χ3v) is 4.26. The van der Waals surface area contributed by atoms with Crippen molar-refractivity contribution < 1.29 is 9.53 Å². The fourth-order valence-electron chi connectivity index (χ4n) is 2.75. The van der Waals surface area contributed by atoms with Gasteiger partial charge in [0.2, 0.25) is 0 Å². The number of nitrogens with zero attached hydrogens (tertiary/aromatic N) is 1. The van der Waals surface area contributed by atoms with Crippen molar-refractivity contribution >= 4 is 41.7 Å². The summed E-state index contributed by atoms with van der Waals surface area (Å²) in [5, 5.41) is 12.3. The molecule has 0 aliphatic heterocycles. The molecule has 4 N–H and O–H groups in total. The van der Waals surface area contributed by atoms with E-state index < -0.39 is 0 Å². The van der Waals surface area contributed by atoms with Gasteiger partial charge in [-0.05, 0) is 62.6 Å². The van der Waals surface area contributed by atoms with Crippen molar-refractivity contribution in [3.8, 4) is 5.75 Å². The lowest BCUT2D eigenvalue weighted by atomic mass is 10.1. The van der Waals surface area contributed by atoms with E-state index in [-0.39, 0.29) is 36.0 Å². The lowest BCUT2D eigenvalue weighted by Gasteiger charge is -2.12. The number of nitrogens with one attached hydrogen (secondary N) is 4. The molecule has 8 heteroatoms. The standard InChI is InChI=1S/C23H33N5O2.HI/c1-5-24-22(25-15-14-18-8-12-21(30-4)13-9-18)26-16-19-6-10-20(11-7-19)28-23(29)27-17(2)3;/h6-13,17H,5,14-16H2,1-4H3,(H2,24,25,26)(H2,27,28,29);1H. The van der Waals surface area contributed by atoms with Gasteiger partial charge in [-0.2, -0.15) is 0 Å². The number of rotatable bonds is 9. The zero-order valence-corrected chi connectivity index (χ0v) is 21.0. The van der Waals surface area contributed by atoms with Gasteiger partial charge in [0, 0.05) is 24.8 Å². The molecular weight excluding hydrogens is 505 g/mol. The monoisotopic (exact) mass is 539 g/mol. The second kappa shape index (κ2) is 14.5. The minimum absolute atomic E-state index is 0. The number of halogens is 1. The Hall–Kier alpha value is -2.49. The van der Waals surface area contributed by atoms with E-state index in [0.29, 0.717) is 6.54 Å². The predicted molar refractivity (Wildman–Crippen MR) is 139 cm³/mol. The Balaban J connectivity index is 0.00000480. The largest absolute Gasteiger partial charge is 0.497 e. The summed E-state index contributed by atoms with van der Waals surface area (Å²) >= 11 is 0. The molecule has 170 valence electrons. The number of hydrogen-bond acceptors (Lipinski definition) is 3. The summed E-state index contributed by atoms with van der Waals surface area (Å²) in [6.07, 6.45) is 0.896. The SMILES string of the molecule is CCNC(=NCc1ccc(NC(=O)NC(C)C)cc1)NCCc1ccc(OC)cc1.I. The van der Waals surface area contributed by atoms with Crippen LogP contribution in [0.3, 0.4) is 0 Å². The van der Waals surface area contributed by atoms with Gasteiger partial charge in [-0.1, -0.05) is 24.3 Å². The first-order valence-electron chi connectivity index (χ1n) is 10.3. The van der Waals surface area contributed by atoms with Gasteiger partial charge in [0.05, 0.1) is 13.7 Å². The zero-order chi connectivity index (χ0) is 21.8. The van der Waals surface area contributed by atoms with Crippen molar-refractivity contribution in [2.75, 3.05) is 25.5 Å². The van der Waals surface area contributed by atoms with Crippen molar-refractivity contribution in [1.82, 2.24) is 16.0 Å². The lowest BCUT2D eigenvalue weighted by molar-refractivity contribution is 0.250. The third kappa shape index (κ3) is 10.4. The van der Waals surface area contributed by atoms with Gasteiger partial charge < -0.3 is 26.0 Å². The van der Waals surface area contributed by atoms with Crippen molar-refractivity contribution in [3.05, 3.63) is 59.7 Å². The van der Waals surface area contributed by atoms with Crippen LogP contribution >= 0.6 is 24.0 Å². The van der Waals surface area contributed by atoms with Gasteiger partial charge in [0.1, 0.15) is 5.75 Å². The molecule has 31 heavy (non-hydrogen) atoms. The van der Waals surface area contributed by atoms with E-state index in [0.717, 1.165) is 42.5 Å². The number of hydrogen-bond donors (Lipinski definition) is 4. The summed E-state index contributed by atoms with van der Waals surface area (Å²) < 4.78 is 5.19. The molecule has 0 radical (unpaired) electrons. The van der Waals surface area contributed by atoms with Gasteiger partial charge >= 0.3 is 6.03 Å². The van der Waals surface area contributed by atoms with Crippen molar-refractivity contribution in [3.63, 3.8) is 0 Å².